The molecule has 124 valence electrons. The molecule has 0 bridgehead atoms. The van der Waals surface area contributed by atoms with Crippen LogP contribution in [0.2, 0.25) is 0 Å². The van der Waals surface area contributed by atoms with E-state index in [9.17, 15) is 23.5 Å². The third kappa shape index (κ3) is 5.23. The van der Waals surface area contributed by atoms with E-state index in [4.69, 9.17) is 10.5 Å². The van der Waals surface area contributed by atoms with E-state index in [-0.39, 0.29) is 82.6 Å². The first-order valence-electron chi connectivity index (χ1n) is 6.47. The second-order valence-corrected chi connectivity index (χ2v) is 6.51. The largest absolute Gasteiger partial charge is 1.00 e. The topological polar surface area (TPSA) is 162 Å². The molecule has 0 aliphatic heterocycles. The molecule has 2 atom stereocenters. The Morgan fingerprint density at radius 1 is 1.48 bits per heavy atom. The van der Waals surface area contributed by atoms with E-state index in [1.807, 2.05) is 0 Å². The molecule has 1 aliphatic carbocycles. The minimum absolute atomic E-state index is 0. The van der Waals surface area contributed by atoms with Crippen LogP contribution in [0.3, 0.4) is 0 Å². The van der Waals surface area contributed by atoms with Gasteiger partial charge in [0.05, 0.1) is 18.7 Å². The number of H-pyrrole nitrogens is 1. The number of nitrogen functional groups attached to an aromatic ring is 1. The van der Waals surface area contributed by atoms with Gasteiger partial charge >= 0.3 is 59.1 Å². The van der Waals surface area contributed by atoms with Gasteiger partial charge in [0.2, 0.25) is 5.95 Å². The van der Waals surface area contributed by atoms with Crippen molar-refractivity contribution in [2.75, 3.05) is 12.1 Å². The standard InChI is InChI=1S/C11H13FN5O5P.2Na/c12-6-1-5(2-7(6)22-4-23(19,20)21)17-3-14-8-9(17)15-11(13)16-10(8)18;;/h1,3,5,7H,2,4H2,(H2,19,20,21)(H3,13,15,16,18);;/q;2*+1/p-2/t5-,7-;;/m0../s1. The van der Waals surface area contributed by atoms with Crippen LogP contribution in [-0.4, -0.2) is 32.0 Å². The smallest absolute Gasteiger partial charge is 0.809 e. The van der Waals surface area contributed by atoms with Crippen molar-refractivity contribution in [1.82, 2.24) is 19.5 Å². The quantitative estimate of drug-likeness (QED) is 0.385. The maximum Gasteiger partial charge on any atom is 1.00 e. The van der Waals surface area contributed by atoms with E-state index < -0.39 is 37.5 Å². The van der Waals surface area contributed by atoms with Gasteiger partial charge in [0.25, 0.3) is 5.56 Å². The molecule has 3 N–H and O–H groups in total. The van der Waals surface area contributed by atoms with Crippen LogP contribution in [0.15, 0.2) is 23.0 Å². The Morgan fingerprint density at radius 3 is 2.80 bits per heavy atom. The van der Waals surface area contributed by atoms with Crippen LogP contribution in [-0.2, 0) is 9.30 Å². The van der Waals surface area contributed by atoms with Gasteiger partial charge in [-0.2, -0.15) is 4.98 Å². The van der Waals surface area contributed by atoms with E-state index in [0.29, 0.717) is 0 Å². The molecule has 1 aliphatic rings. The zero-order valence-electron chi connectivity index (χ0n) is 13.5. The van der Waals surface area contributed by atoms with E-state index in [2.05, 4.69) is 15.0 Å². The molecule has 14 heteroatoms. The van der Waals surface area contributed by atoms with E-state index >= 15 is 0 Å². The summed E-state index contributed by atoms with van der Waals surface area (Å²) < 4.78 is 30.7. The first-order chi connectivity index (χ1) is 10.7. The van der Waals surface area contributed by atoms with E-state index in [1.165, 1.54) is 17.0 Å². The number of nitrogens with zero attached hydrogens (tertiary/aromatic N) is 3. The molecule has 25 heavy (non-hydrogen) atoms. The van der Waals surface area contributed by atoms with Crippen LogP contribution in [0.5, 0.6) is 0 Å². The van der Waals surface area contributed by atoms with Crippen molar-refractivity contribution >= 4 is 24.7 Å². The first kappa shape index (κ1) is 23.0. The minimum Gasteiger partial charge on any atom is -0.809 e. The number of nitrogens with one attached hydrogen (secondary N) is 1. The summed E-state index contributed by atoms with van der Waals surface area (Å²) in [7, 11) is -4.89. The average molecular weight is 389 g/mol. The van der Waals surface area contributed by atoms with Gasteiger partial charge in [-0.05, 0) is 13.7 Å². The monoisotopic (exact) mass is 389 g/mol. The van der Waals surface area contributed by atoms with Crippen molar-refractivity contribution < 1.29 is 82.6 Å². The summed E-state index contributed by atoms with van der Waals surface area (Å²) in [4.78, 5) is 43.0. The molecule has 0 fully saturated rings. The van der Waals surface area contributed by atoms with Gasteiger partial charge in [0.15, 0.2) is 11.2 Å². The van der Waals surface area contributed by atoms with E-state index in [0.717, 1.165) is 0 Å². The number of hydrogen-bond acceptors (Lipinski definition) is 8. The van der Waals surface area contributed by atoms with Gasteiger partial charge in [-0.3, -0.25) is 9.78 Å². The van der Waals surface area contributed by atoms with E-state index in [1.54, 1.807) is 0 Å². The van der Waals surface area contributed by atoms with Crippen LogP contribution >= 0.6 is 7.60 Å². The Kier molecular flexibility index (Phi) is 8.04. The normalized spacial score (nSPS) is 20.0. The third-order valence-electron chi connectivity index (χ3n) is 3.36. The fraction of sp³-hybridized carbons (Fsp3) is 0.364. The van der Waals surface area contributed by atoms with Gasteiger partial charge in [0.1, 0.15) is 11.9 Å². The van der Waals surface area contributed by atoms with Gasteiger partial charge in [0, 0.05) is 6.42 Å². The molecule has 2 aromatic rings. The molecule has 0 unspecified atom stereocenters. The van der Waals surface area contributed by atoms with Crippen LogP contribution in [0.1, 0.15) is 12.5 Å². The second-order valence-electron chi connectivity index (χ2n) is 5.03. The number of aromatic nitrogens is 4. The van der Waals surface area contributed by atoms with Crippen LogP contribution in [0, 0.1) is 0 Å². The maximum atomic E-state index is 13.9. The summed E-state index contributed by atoms with van der Waals surface area (Å²) in [6.45, 7) is 0. The summed E-state index contributed by atoms with van der Waals surface area (Å²) in [6.07, 6.45) is 0.265. The van der Waals surface area contributed by atoms with Gasteiger partial charge < -0.3 is 29.4 Å². The van der Waals surface area contributed by atoms with Gasteiger partial charge in [-0.15, -0.1) is 0 Å². The summed E-state index contributed by atoms with van der Waals surface area (Å²) in [6, 6.07) is -0.601. The number of allylic oxidation sites excluding steroid dienone is 1. The molecule has 0 spiro atoms. The number of rotatable bonds is 4. The number of fused-ring (bicyclic) bond motifs is 1. The summed E-state index contributed by atoms with van der Waals surface area (Å²) in [5.74, 6) is -0.818. The molecule has 0 radical (unpaired) electrons. The summed E-state index contributed by atoms with van der Waals surface area (Å²) in [5, 5.41) is 0. The number of hydrogen-bond donors (Lipinski definition) is 2. The number of nitrogens with two attached hydrogens (primary N) is 1. The second kappa shape index (κ2) is 8.75. The van der Waals surface area contributed by atoms with Crippen molar-refractivity contribution in [1.29, 1.82) is 0 Å². The first-order valence-corrected chi connectivity index (χ1v) is 8.19. The molecule has 0 saturated carbocycles. The Hall–Kier alpha value is -0.0700. The molecule has 10 nitrogen and oxygen atoms in total. The predicted octanol–water partition coefficient (Wildman–Crippen LogP) is -7.24. The molecule has 3 rings (SSSR count). The molecular formula is C11H11FN5Na2O5P. The van der Waals surface area contributed by atoms with Crippen LogP contribution < -0.4 is 80.2 Å². The number of anilines is 1. The molecule has 0 amide bonds. The zero-order chi connectivity index (χ0) is 16.8. The molecule has 2 aromatic heterocycles. The number of halogens is 1. The molecule has 2 heterocycles. The average Bonchev–Trinajstić information content (AvgIpc) is 2.99. The number of aromatic amines is 1. The minimum atomic E-state index is -4.89. The SMILES string of the molecule is Nc1nc2c(ncn2[C@H]2C=C(F)[C@@H](OCP(=O)([O-])[O-])C2)c(=O)[nH]1.[Na+].[Na+]. The summed E-state index contributed by atoms with van der Waals surface area (Å²) in [5.41, 5.74) is 5.16. The third-order valence-corrected chi connectivity index (χ3v) is 3.82. The Morgan fingerprint density at radius 2 is 2.16 bits per heavy atom. The molecular weight excluding hydrogens is 378 g/mol. The Bertz CT molecular complexity index is 897. The fourth-order valence-corrected chi connectivity index (χ4v) is 2.76. The summed E-state index contributed by atoms with van der Waals surface area (Å²) >= 11 is 0. The number of ether oxygens (including phenoxy) is 1. The van der Waals surface area contributed by atoms with Gasteiger partial charge in [-0.1, -0.05) is 0 Å². The zero-order valence-corrected chi connectivity index (χ0v) is 18.4. The van der Waals surface area contributed by atoms with Crippen molar-refractivity contribution in [3.05, 3.63) is 28.6 Å². The van der Waals surface area contributed by atoms with Crippen molar-refractivity contribution in [2.45, 2.75) is 18.6 Å². The van der Waals surface area contributed by atoms with Crippen LogP contribution in [0.4, 0.5) is 10.3 Å². The number of imidazole rings is 1. The Labute approximate surface area is 184 Å². The van der Waals surface area contributed by atoms with Crippen molar-refractivity contribution in [2.24, 2.45) is 0 Å². The maximum absolute atomic E-state index is 13.9. The van der Waals surface area contributed by atoms with Crippen molar-refractivity contribution in [3.63, 3.8) is 0 Å². The predicted molar refractivity (Wildman–Crippen MR) is 72.8 cm³/mol. The van der Waals surface area contributed by atoms with Crippen molar-refractivity contribution in [3.8, 4) is 0 Å². The Balaban J connectivity index is 0.00000156. The van der Waals surface area contributed by atoms with Gasteiger partial charge in [-0.25, -0.2) is 9.37 Å². The molecule has 0 aromatic carbocycles. The molecule has 0 saturated heterocycles. The fourth-order valence-electron chi connectivity index (χ4n) is 2.40. The van der Waals surface area contributed by atoms with Crippen LogP contribution in [0.25, 0.3) is 11.2 Å².